The average molecular weight is 293 g/mol. The number of aromatic nitrogens is 1. The highest BCUT2D eigenvalue weighted by Gasteiger charge is 2.07. The molecule has 2 aromatic rings. The van der Waals surface area contributed by atoms with E-state index in [9.17, 15) is 5.11 Å². The summed E-state index contributed by atoms with van der Waals surface area (Å²) in [7, 11) is 3.59. The number of aliphatic hydroxyl groups is 1. The summed E-state index contributed by atoms with van der Waals surface area (Å²) in [6, 6.07) is 11.5. The van der Waals surface area contributed by atoms with Crippen LogP contribution < -0.4 is 9.64 Å². The van der Waals surface area contributed by atoms with E-state index in [0.29, 0.717) is 17.3 Å². The molecule has 0 aliphatic heterocycles. The van der Waals surface area contributed by atoms with Crippen molar-refractivity contribution in [1.82, 2.24) is 4.98 Å². The molecule has 106 valence electrons. The molecule has 0 atom stereocenters. The summed E-state index contributed by atoms with van der Waals surface area (Å²) in [6.07, 6.45) is 0. The quantitative estimate of drug-likeness (QED) is 0.920. The molecule has 0 aliphatic rings. The van der Waals surface area contributed by atoms with Gasteiger partial charge in [0.05, 0.1) is 24.4 Å². The van der Waals surface area contributed by atoms with Gasteiger partial charge in [-0.25, -0.2) is 4.98 Å². The Balaban J connectivity index is 2.12. The number of rotatable bonds is 5. The van der Waals surface area contributed by atoms with Crippen LogP contribution in [0.5, 0.6) is 5.75 Å². The van der Waals surface area contributed by atoms with Gasteiger partial charge in [-0.2, -0.15) is 0 Å². The van der Waals surface area contributed by atoms with Crippen LogP contribution in [0.1, 0.15) is 11.3 Å². The molecule has 0 fully saturated rings. The van der Waals surface area contributed by atoms with E-state index in [4.69, 9.17) is 16.3 Å². The lowest BCUT2D eigenvalue weighted by atomic mass is 10.2. The number of hydrogen-bond donors (Lipinski definition) is 1. The van der Waals surface area contributed by atoms with Gasteiger partial charge in [0.1, 0.15) is 11.6 Å². The van der Waals surface area contributed by atoms with Crippen molar-refractivity contribution in [2.45, 2.75) is 13.2 Å². The van der Waals surface area contributed by atoms with Crippen LogP contribution in [0.15, 0.2) is 36.4 Å². The van der Waals surface area contributed by atoms with Gasteiger partial charge in [-0.3, -0.25) is 0 Å². The van der Waals surface area contributed by atoms with Crippen molar-refractivity contribution >= 4 is 17.4 Å². The molecule has 0 amide bonds. The molecule has 0 saturated carbocycles. The van der Waals surface area contributed by atoms with Crippen molar-refractivity contribution in [3.63, 3.8) is 0 Å². The zero-order valence-electron chi connectivity index (χ0n) is 11.5. The highest BCUT2D eigenvalue weighted by atomic mass is 35.5. The fourth-order valence-electron chi connectivity index (χ4n) is 1.88. The maximum Gasteiger partial charge on any atom is 0.129 e. The number of ether oxygens (including phenoxy) is 1. The highest BCUT2D eigenvalue weighted by molar-refractivity contribution is 6.31. The van der Waals surface area contributed by atoms with E-state index in [1.54, 1.807) is 13.2 Å². The van der Waals surface area contributed by atoms with Gasteiger partial charge < -0.3 is 14.7 Å². The Bertz CT molecular complexity index is 573. The lowest BCUT2D eigenvalue weighted by Crippen LogP contribution is -2.18. The van der Waals surface area contributed by atoms with Crippen LogP contribution in [0.3, 0.4) is 0 Å². The smallest absolute Gasteiger partial charge is 0.129 e. The average Bonchev–Trinajstić information content (AvgIpc) is 2.48. The second-order valence-electron chi connectivity index (χ2n) is 4.46. The predicted octanol–water partition coefficient (Wildman–Crippen LogP) is 2.87. The van der Waals surface area contributed by atoms with Gasteiger partial charge >= 0.3 is 0 Å². The number of nitrogens with zero attached hydrogens (tertiary/aromatic N) is 2. The normalized spacial score (nSPS) is 10.4. The number of aliphatic hydroxyl groups excluding tert-OH is 1. The van der Waals surface area contributed by atoms with Crippen molar-refractivity contribution in [3.05, 3.63) is 52.7 Å². The van der Waals surface area contributed by atoms with Crippen molar-refractivity contribution in [2.24, 2.45) is 0 Å². The van der Waals surface area contributed by atoms with Gasteiger partial charge in [-0.05, 0) is 29.8 Å². The summed E-state index contributed by atoms with van der Waals surface area (Å²) in [5, 5.41) is 9.67. The molecule has 1 aromatic heterocycles. The number of pyridine rings is 1. The molecule has 0 radical (unpaired) electrons. The molecule has 0 bridgehead atoms. The molecular weight excluding hydrogens is 276 g/mol. The SMILES string of the molecule is COc1ccc(CN(C)c2ccc(Cl)c(CO)n2)cc1. The molecule has 20 heavy (non-hydrogen) atoms. The molecular formula is C15H17ClN2O2. The number of methoxy groups -OCH3 is 1. The van der Waals surface area contributed by atoms with Gasteiger partial charge in [0.25, 0.3) is 0 Å². The van der Waals surface area contributed by atoms with E-state index in [0.717, 1.165) is 17.1 Å². The highest BCUT2D eigenvalue weighted by Crippen LogP contribution is 2.20. The number of benzene rings is 1. The largest absolute Gasteiger partial charge is 0.497 e. The predicted molar refractivity (Wildman–Crippen MR) is 80.3 cm³/mol. The minimum atomic E-state index is -0.164. The third-order valence-corrected chi connectivity index (χ3v) is 3.37. The van der Waals surface area contributed by atoms with Gasteiger partial charge in [0.15, 0.2) is 0 Å². The molecule has 5 heteroatoms. The number of anilines is 1. The van der Waals surface area contributed by atoms with Crippen LogP contribution in [0.2, 0.25) is 5.02 Å². The van der Waals surface area contributed by atoms with E-state index >= 15 is 0 Å². The maximum absolute atomic E-state index is 9.19. The van der Waals surface area contributed by atoms with Gasteiger partial charge in [0, 0.05) is 13.6 Å². The summed E-state index contributed by atoms with van der Waals surface area (Å²) in [5.74, 6) is 1.61. The fraction of sp³-hybridized carbons (Fsp3) is 0.267. The van der Waals surface area contributed by atoms with E-state index in [1.807, 2.05) is 42.3 Å². The Morgan fingerprint density at radius 3 is 2.50 bits per heavy atom. The third-order valence-electron chi connectivity index (χ3n) is 3.02. The number of halogens is 1. The van der Waals surface area contributed by atoms with E-state index in [1.165, 1.54) is 0 Å². The van der Waals surface area contributed by atoms with Crippen LogP contribution in [0.4, 0.5) is 5.82 Å². The van der Waals surface area contributed by atoms with Crippen LogP contribution in [0, 0.1) is 0 Å². The first-order valence-corrected chi connectivity index (χ1v) is 6.62. The standard InChI is InChI=1S/C15H17ClN2O2/c1-18(9-11-3-5-12(20-2)6-4-11)15-8-7-13(16)14(10-19)17-15/h3-8,19H,9-10H2,1-2H3. The molecule has 0 spiro atoms. The first-order valence-electron chi connectivity index (χ1n) is 6.24. The van der Waals surface area contributed by atoms with Crippen molar-refractivity contribution in [1.29, 1.82) is 0 Å². The molecule has 0 saturated heterocycles. The van der Waals surface area contributed by atoms with Crippen LogP contribution in [-0.2, 0) is 13.2 Å². The van der Waals surface area contributed by atoms with Gasteiger partial charge in [-0.15, -0.1) is 0 Å². The molecule has 0 unspecified atom stereocenters. The lowest BCUT2D eigenvalue weighted by Gasteiger charge is -2.19. The Hall–Kier alpha value is -1.78. The summed E-state index contributed by atoms with van der Waals surface area (Å²) >= 11 is 5.94. The lowest BCUT2D eigenvalue weighted by molar-refractivity contribution is 0.277. The fourth-order valence-corrected chi connectivity index (χ4v) is 2.05. The summed E-state index contributed by atoms with van der Waals surface area (Å²) in [6.45, 7) is 0.548. The molecule has 2 rings (SSSR count). The molecule has 1 aromatic carbocycles. The van der Waals surface area contributed by atoms with Crippen molar-refractivity contribution in [3.8, 4) is 5.75 Å². The molecule has 1 heterocycles. The van der Waals surface area contributed by atoms with Crippen LogP contribution in [0.25, 0.3) is 0 Å². The first-order chi connectivity index (χ1) is 9.63. The molecule has 0 aliphatic carbocycles. The summed E-state index contributed by atoms with van der Waals surface area (Å²) in [5.41, 5.74) is 1.64. The van der Waals surface area contributed by atoms with E-state index in [2.05, 4.69) is 4.98 Å². The second kappa shape index (κ2) is 6.59. The Morgan fingerprint density at radius 2 is 1.90 bits per heavy atom. The third kappa shape index (κ3) is 3.40. The van der Waals surface area contributed by atoms with Crippen LogP contribution >= 0.6 is 11.6 Å². The van der Waals surface area contributed by atoms with Crippen molar-refractivity contribution < 1.29 is 9.84 Å². The Kier molecular flexibility index (Phi) is 4.82. The van der Waals surface area contributed by atoms with Crippen molar-refractivity contribution in [2.75, 3.05) is 19.1 Å². The van der Waals surface area contributed by atoms with Gasteiger partial charge in [-0.1, -0.05) is 23.7 Å². The molecule has 4 nitrogen and oxygen atoms in total. The second-order valence-corrected chi connectivity index (χ2v) is 4.87. The topological polar surface area (TPSA) is 45.6 Å². The zero-order chi connectivity index (χ0) is 14.5. The zero-order valence-corrected chi connectivity index (χ0v) is 12.3. The maximum atomic E-state index is 9.19. The van der Waals surface area contributed by atoms with E-state index < -0.39 is 0 Å². The Labute approximate surface area is 123 Å². The monoisotopic (exact) mass is 292 g/mol. The minimum absolute atomic E-state index is 0.164. The van der Waals surface area contributed by atoms with E-state index in [-0.39, 0.29) is 6.61 Å². The Morgan fingerprint density at radius 1 is 1.20 bits per heavy atom. The summed E-state index contributed by atoms with van der Waals surface area (Å²) in [4.78, 5) is 6.34. The summed E-state index contributed by atoms with van der Waals surface area (Å²) < 4.78 is 5.13. The van der Waals surface area contributed by atoms with Crippen LogP contribution in [-0.4, -0.2) is 24.2 Å². The minimum Gasteiger partial charge on any atom is -0.497 e. The van der Waals surface area contributed by atoms with Gasteiger partial charge in [0.2, 0.25) is 0 Å². The number of hydrogen-bond acceptors (Lipinski definition) is 4. The molecule has 1 N–H and O–H groups in total. The first kappa shape index (κ1) is 14.6.